The summed E-state index contributed by atoms with van der Waals surface area (Å²) in [4.78, 5) is 27.3. The van der Waals surface area contributed by atoms with E-state index >= 15 is 0 Å². The van der Waals surface area contributed by atoms with Crippen molar-refractivity contribution in [3.8, 4) is 5.69 Å². The number of benzene rings is 1. The van der Waals surface area contributed by atoms with Crippen molar-refractivity contribution in [3.63, 3.8) is 0 Å². The van der Waals surface area contributed by atoms with Crippen molar-refractivity contribution in [2.75, 3.05) is 6.54 Å². The molecule has 0 spiro atoms. The molecule has 2 N–H and O–H groups in total. The molecular weight excluding hydrogens is 294 g/mol. The van der Waals surface area contributed by atoms with Gasteiger partial charge < -0.3 is 10.6 Å². The van der Waals surface area contributed by atoms with Gasteiger partial charge in [-0.1, -0.05) is 12.1 Å². The quantitative estimate of drug-likeness (QED) is 0.831. The third-order valence-corrected chi connectivity index (χ3v) is 3.83. The molecule has 7 nitrogen and oxygen atoms in total. The molecule has 23 heavy (non-hydrogen) atoms. The van der Waals surface area contributed by atoms with E-state index in [1.54, 1.807) is 11.0 Å². The van der Waals surface area contributed by atoms with E-state index in [1.165, 1.54) is 6.33 Å². The predicted molar refractivity (Wildman–Crippen MR) is 83.7 cm³/mol. The van der Waals surface area contributed by atoms with Crippen LogP contribution in [-0.4, -0.2) is 33.1 Å². The number of nitrogens with one attached hydrogen (secondary N) is 2. The normalized spacial score (nSPS) is 15.0. The van der Waals surface area contributed by atoms with Crippen LogP contribution in [0.5, 0.6) is 0 Å². The molecule has 0 bridgehead atoms. The molecule has 7 heteroatoms. The van der Waals surface area contributed by atoms with E-state index in [-0.39, 0.29) is 30.3 Å². The van der Waals surface area contributed by atoms with Crippen molar-refractivity contribution in [3.05, 3.63) is 42.5 Å². The van der Waals surface area contributed by atoms with Gasteiger partial charge in [0.15, 0.2) is 0 Å². The summed E-state index contributed by atoms with van der Waals surface area (Å²) >= 11 is 0. The fraction of sp³-hybridized carbons (Fsp3) is 0.375. The highest BCUT2D eigenvalue weighted by Gasteiger charge is 2.29. The van der Waals surface area contributed by atoms with Crippen molar-refractivity contribution < 1.29 is 9.59 Å². The van der Waals surface area contributed by atoms with E-state index in [0.717, 1.165) is 24.1 Å². The molecule has 1 atom stereocenters. The van der Waals surface area contributed by atoms with Gasteiger partial charge in [0.2, 0.25) is 11.8 Å². The first-order valence-corrected chi connectivity index (χ1v) is 7.65. The van der Waals surface area contributed by atoms with Gasteiger partial charge in [-0.25, -0.2) is 9.67 Å². The van der Waals surface area contributed by atoms with Crippen LogP contribution >= 0.6 is 0 Å². The topological polar surface area (TPSA) is 88.9 Å². The summed E-state index contributed by atoms with van der Waals surface area (Å²) in [7, 11) is 0. The van der Waals surface area contributed by atoms with Crippen molar-refractivity contribution in [2.24, 2.45) is 5.92 Å². The number of aromatic nitrogens is 3. The maximum Gasteiger partial charge on any atom is 0.239 e. The highest BCUT2D eigenvalue weighted by Crippen LogP contribution is 2.28. The molecule has 1 fully saturated rings. The van der Waals surface area contributed by atoms with Gasteiger partial charge in [0.05, 0.1) is 18.3 Å². The van der Waals surface area contributed by atoms with Crippen molar-refractivity contribution >= 4 is 11.8 Å². The minimum Gasteiger partial charge on any atom is -0.348 e. The lowest BCUT2D eigenvalue weighted by Gasteiger charge is -2.15. The minimum absolute atomic E-state index is 0.0232. The largest absolute Gasteiger partial charge is 0.348 e. The van der Waals surface area contributed by atoms with Crippen LogP contribution in [-0.2, 0) is 9.59 Å². The van der Waals surface area contributed by atoms with Crippen LogP contribution in [0.4, 0.5) is 0 Å². The molecule has 2 amide bonds. The van der Waals surface area contributed by atoms with E-state index in [0.29, 0.717) is 0 Å². The maximum absolute atomic E-state index is 11.9. The monoisotopic (exact) mass is 313 g/mol. The number of nitrogens with zero attached hydrogens (tertiary/aromatic N) is 3. The lowest BCUT2D eigenvalue weighted by molar-refractivity contribution is -0.127. The van der Waals surface area contributed by atoms with Crippen LogP contribution in [0, 0.1) is 5.92 Å². The molecule has 120 valence electrons. The van der Waals surface area contributed by atoms with E-state index in [9.17, 15) is 9.59 Å². The van der Waals surface area contributed by atoms with Gasteiger partial charge >= 0.3 is 0 Å². The Hall–Kier alpha value is -2.70. The predicted octanol–water partition coefficient (Wildman–Crippen LogP) is 0.971. The molecule has 1 aliphatic rings. The number of amides is 2. The van der Waals surface area contributed by atoms with Crippen LogP contribution in [0.25, 0.3) is 5.69 Å². The zero-order chi connectivity index (χ0) is 16.2. The van der Waals surface area contributed by atoms with Crippen LogP contribution in [0.1, 0.15) is 31.4 Å². The fourth-order valence-electron chi connectivity index (χ4n) is 2.29. The molecule has 1 aromatic carbocycles. The lowest BCUT2D eigenvalue weighted by atomic mass is 10.1. The summed E-state index contributed by atoms with van der Waals surface area (Å²) in [5.41, 5.74) is 1.89. The number of hydrogen-bond acceptors (Lipinski definition) is 4. The second-order valence-corrected chi connectivity index (χ2v) is 5.71. The standard InChI is InChI=1S/C16H19N5O2/c1-11(20-15(22)8-18-16(23)13-2-3-13)12-4-6-14(7-5-12)21-10-17-9-19-21/h4-7,9-11,13H,2-3,8H2,1H3,(H,18,23)(H,20,22). The zero-order valence-electron chi connectivity index (χ0n) is 12.9. The van der Waals surface area contributed by atoms with E-state index < -0.39 is 0 Å². The van der Waals surface area contributed by atoms with E-state index in [4.69, 9.17) is 0 Å². The van der Waals surface area contributed by atoms with Gasteiger partial charge in [-0.15, -0.1) is 0 Å². The van der Waals surface area contributed by atoms with E-state index in [1.807, 2.05) is 31.2 Å². The number of carbonyl (C=O) groups excluding carboxylic acids is 2. The molecule has 1 heterocycles. The second-order valence-electron chi connectivity index (χ2n) is 5.71. The highest BCUT2D eigenvalue weighted by molar-refractivity contribution is 5.87. The Bertz CT molecular complexity index is 677. The van der Waals surface area contributed by atoms with Gasteiger partial charge in [-0.2, -0.15) is 5.10 Å². The van der Waals surface area contributed by atoms with Gasteiger partial charge in [-0.3, -0.25) is 9.59 Å². The first-order chi connectivity index (χ1) is 11.1. The summed E-state index contributed by atoms with van der Waals surface area (Å²) in [6.07, 6.45) is 4.97. The molecule has 0 aliphatic heterocycles. The second kappa shape index (κ2) is 6.60. The van der Waals surface area contributed by atoms with Crippen molar-refractivity contribution in [2.45, 2.75) is 25.8 Å². The lowest BCUT2D eigenvalue weighted by Crippen LogP contribution is -2.38. The van der Waals surface area contributed by atoms with Crippen LogP contribution in [0.3, 0.4) is 0 Å². The molecule has 1 unspecified atom stereocenters. The summed E-state index contributed by atoms with van der Waals surface area (Å²) in [6.45, 7) is 1.93. The average Bonchev–Trinajstić information content (AvgIpc) is 3.27. The van der Waals surface area contributed by atoms with Gasteiger partial charge in [0.1, 0.15) is 12.7 Å². The van der Waals surface area contributed by atoms with Crippen LogP contribution < -0.4 is 10.6 Å². The third-order valence-electron chi connectivity index (χ3n) is 3.83. The van der Waals surface area contributed by atoms with Crippen LogP contribution in [0.15, 0.2) is 36.9 Å². The smallest absolute Gasteiger partial charge is 0.239 e. The molecule has 0 radical (unpaired) electrons. The molecule has 0 saturated heterocycles. The van der Waals surface area contributed by atoms with E-state index in [2.05, 4.69) is 20.7 Å². The van der Waals surface area contributed by atoms with Crippen molar-refractivity contribution in [1.29, 1.82) is 0 Å². The highest BCUT2D eigenvalue weighted by atomic mass is 16.2. The molecule has 1 aliphatic carbocycles. The summed E-state index contributed by atoms with van der Waals surface area (Å²) in [5, 5.41) is 9.60. The Morgan fingerprint density at radius 3 is 2.65 bits per heavy atom. The summed E-state index contributed by atoms with van der Waals surface area (Å²) < 4.78 is 1.67. The number of rotatable bonds is 6. The summed E-state index contributed by atoms with van der Waals surface area (Å²) in [6, 6.07) is 7.57. The fourth-order valence-corrected chi connectivity index (χ4v) is 2.29. The van der Waals surface area contributed by atoms with Gasteiger partial charge in [0, 0.05) is 5.92 Å². The SMILES string of the molecule is CC(NC(=O)CNC(=O)C1CC1)c1ccc(-n2cncn2)cc1. The maximum atomic E-state index is 11.9. The molecule has 2 aromatic rings. The molecular formula is C16H19N5O2. The average molecular weight is 313 g/mol. The third kappa shape index (κ3) is 3.94. The Kier molecular flexibility index (Phi) is 4.36. The van der Waals surface area contributed by atoms with Gasteiger partial charge in [-0.05, 0) is 37.5 Å². The Labute approximate surface area is 134 Å². The van der Waals surface area contributed by atoms with Gasteiger partial charge in [0.25, 0.3) is 0 Å². The zero-order valence-corrected chi connectivity index (χ0v) is 12.9. The Balaban J connectivity index is 1.51. The minimum atomic E-state index is -0.188. The molecule has 3 rings (SSSR count). The van der Waals surface area contributed by atoms with Crippen molar-refractivity contribution in [1.82, 2.24) is 25.4 Å². The summed E-state index contributed by atoms with van der Waals surface area (Å²) in [5.74, 6) is -0.0959. The Morgan fingerprint density at radius 1 is 1.30 bits per heavy atom. The first-order valence-electron chi connectivity index (χ1n) is 7.65. The number of hydrogen-bond donors (Lipinski definition) is 2. The number of carbonyl (C=O) groups is 2. The molecule has 1 aromatic heterocycles. The Morgan fingerprint density at radius 2 is 2.04 bits per heavy atom. The molecule has 1 saturated carbocycles. The first kappa shape index (κ1) is 15.2. The van der Waals surface area contributed by atoms with Crippen LogP contribution in [0.2, 0.25) is 0 Å².